The molecule has 0 atom stereocenters. The van der Waals surface area contributed by atoms with Gasteiger partial charge in [-0.25, -0.2) is 4.68 Å². The summed E-state index contributed by atoms with van der Waals surface area (Å²) in [6, 6.07) is 27.2. The second kappa shape index (κ2) is 8.68. The van der Waals surface area contributed by atoms with Crippen LogP contribution in [0.3, 0.4) is 0 Å². The number of rotatable bonds is 4. The van der Waals surface area contributed by atoms with E-state index in [4.69, 9.17) is 5.10 Å². The van der Waals surface area contributed by atoms with Gasteiger partial charge in [0.2, 0.25) is 0 Å². The third kappa shape index (κ3) is 4.24. The third-order valence-electron chi connectivity index (χ3n) is 5.67. The van der Waals surface area contributed by atoms with E-state index >= 15 is 0 Å². The molecule has 4 nitrogen and oxygen atoms in total. The lowest BCUT2D eigenvalue weighted by Gasteiger charge is -2.16. The predicted molar refractivity (Wildman–Crippen MR) is 128 cm³/mol. The Labute approximate surface area is 199 Å². The summed E-state index contributed by atoms with van der Waals surface area (Å²) in [6.45, 7) is 0. The van der Waals surface area contributed by atoms with Crippen LogP contribution in [0.1, 0.15) is 5.56 Å². The molecule has 7 heteroatoms. The second-order valence-electron chi connectivity index (χ2n) is 7.96. The van der Waals surface area contributed by atoms with Crippen molar-refractivity contribution in [3.63, 3.8) is 0 Å². The molecule has 0 unspecified atom stereocenters. The monoisotopic (exact) mass is 472 g/mol. The van der Waals surface area contributed by atoms with Crippen LogP contribution in [-0.2, 0) is 6.18 Å². The molecule has 0 aliphatic carbocycles. The minimum Gasteiger partial charge on any atom is -0.508 e. The fourth-order valence-electron chi connectivity index (χ4n) is 4.08. The molecule has 35 heavy (non-hydrogen) atoms. The van der Waals surface area contributed by atoms with Gasteiger partial charge in [-0.1, -0.05) is 42.5 Å². The zero-order valence-corrected chi connectivity index (χ0v) is 18.2. The molecule has 0 aliphatic heterocycles. The molecule has 5 rings (SSSR count). The number of hydrogen-bond acceptors (Lipinski definition) is 3. The van der Waals surface area contributed by atoms with Crippen molar-refractivity contribution in [3.05, 3.63) is 109 Å². The van der Waals surface area contributed by atoms with E-state index in [1.54, 1.807) is 24.3 Å². The van der Waals surface area contributed by atoms with Gasteiger partial charge in [0.1, 0.15) is 17.2 Å². The first-order chi connectivity index (χ1) is 16.8. The molecule has 4 aromatic carbocycles. The van der Waals surface area contributed by atoms with Crippen LogP contribution in [0.25, 0.3) is 39.3 Å². The van der Waals surface area contributed by atoms with Gasteiger partial charge in [0, 0.05) is 16.7 Å². The molecule has 5 aromatic rings. The Hall–Kier alpha value is -4.52. The smallest absolute Gasteiger partial charge is 0.418 e. The molecule has 1 heterocycles. The standard InChI is InChI=1S/C28H19F3N2O2/c29-28(30,31)23-8-4-5-9-24(23)33-27(20-12-16-22(35)17-13-20)25(18-6-2-1-3-7-18)26(32-33)19-10-14-21(34)15-11-19/h1-17,34-35H. The molecular formula is C28H19F3N2O2. The molecular weight excluding hydrogens is 453 g/mol. The van der Waals surface area contributed by atoms with E-state index in [0.717, 1.165) is 11.6 Å². The summed E-state index contributed by atoms with van der Waals surface area (Å²) in [6.07, 6.45) is -4.60. The average molecular weight is 472 g/mol. The largest absolute Gasteiger partial charge is 0.508 e. The molecule has 2 N–H and O–H groups in total. The number of hydrogen-bond donors (Lipinski definition) is 2. The Morgan fingerprint density at radius 2 is 1.14 bits per heavy atom. The molecule has 174 valence electrons. The van der Waals surface area contributed by atoms with Crippen molar-refractivity contribution in [2.75, 3.05) is 0 Å². The highest BCUT2D eigenvalue weighted by molar-refractivity contribution is 5.92. The summed E-state index contributed by atoms with van der Waals surface area (Å²) in [5.74, 6) is 0.103. The zero-order chi connectivity index (χ0) is 24.6. The lowest BCUT2D eigenvalue weighted by molar-refractivity contribution is -0.137. The van der Waals surface area contributed by atoms with E-state index in [1.807, 2.05) is 30.3 Å². The van der Waals surface area contributed by atoms with Crippen LogP contribution >= 0.6 is 0 Å². The molecule has 0 aliphatic rings. The fraction of sp³-hybridized carbons (Fsp3) is 0.0357. The highest BCUT2D eigenvalue weighted by Gasteiger charge is 2.35. The van der Waals surface area contributed by atoms with Gasteiger partial charge in [0.25, 0.3) is 0 Å². The Bertz CT molecular complexity index is 1470. The van der Waals surface area contributed by atoms with E-state index < -0.39 is 11.7 Å². The van der Waals surface area contributed by atoms with Crippen molar-refractivity contribution in [1.29, 1.82) is 0 Å². The quantitative estimate of drug-likeness (QED) is 0.288. The first-order valence-corrected chi connectivity index (χ1v) is 10.8. The van der Waals surface area contributed by atoms with Crippen LogP contribution in [0.15, 0.2) is 103 Å². The first-order valence-electron chi connectivity index (χ1n) is 10.8. The van der Waals surface area contributed by atoms with E-state index in [9.17, 15) is 23.4 Å². The minimum atomic E-state index is -4.60. The molecule has 0 saturated heterocycles. The molecule has 0 fully saturated rings. The molecule has 0 radical (unpaired) electrons. The summed E-state index contributed by atoms with van der Waals surface area (Å²) < 4.78 is 43.4. The number of aromatic nitrogens is 2. The number of halogens is 3. The van der Waals surface area contributed by atoms with Gasteiger partial charge >= 0.3 is 6.18 Å². The minimum absolute atomic E-state index is 0.0375. The van der Waals surface area contributed by atoms with Crippen LogP contribution in [0.5, 0.6) is 11.5 Å². The Morgan fingerprint density at radius 1 is 0.600 bits per heavy atom. The summed E-state index contributed by atoms with van der Waals surface area (Å²) >= 11 is 0. The molecule has 0 saturated carbocycles. The van der Waals surface area contributed by atoms with E-state index in [1.165, 1.54) is 47.1 Å². The van der Waals surface area contributed by atoms with Gasteiger partial charge in [-0.05, 0) is 66.2 Å². The Morgan fingerprint density at radius 3 is 1.74 bits per heavy atom. The number of para-hydroxylation sites is 1. The lowest BCUT2D eigenvalue weighted by atomic mass is 9.95. The van der Waals surface area contributed by atoms with Crippen LogP contribution in [0.2, 0.25) is 0 Å². The van der Waals surface area contributed by atoms with Gasteiger partial charge in [0.15, 0.2) is 0 Å². The van der Waals surface area contributed by atoms with Gasteiger partial charge < -0.3 is 10.2 Å². The second-order valence-corrected chi connectivity index (χ2v) is 7.96. The normalized spacial score (nSPS) is 11.5. The zero-order valence-electron chi connectivity index (χ0n) is 18.2. The van der Waals surface area contributed by atoms with E-state index in [0.29, 0.717) is 28.1 Å². The number of phenols is 2. The number of aromatic hydroxyl groups is 2. The molecule has 0 bridgehead atoms. The lowest BCUT2D eigenvalue weighted by Crippen LogP contribution is -2.12. The number of nitrogens with zero attached hydrogens (tertiary/aromatic N) is 2. The van der Waals surface area contributed by atoms with Gasteiger partial charge in [-0.3, -0.25) is 0 Å². The average Bonchev–Trinajstić information content (AvgIpc) is 3.25. The Kier molecular flexibility index (Phi) is 5.53. The third-order valence-corrected chi connectivity index (χ3v) is 5.67. The van der Waals surface area contributed by atoms with Crippen LogP contribution < -0.4 is 0 Å². The van der Waals surface area contributed by atoms with Crippen molar-refractivity contribution < 1.29 is 23.4 Å². The molecule has 0 amide bonds. The number of alkyl halides is 3. The summed E-state index contributed by atoms with van der Waals surface area (Å²) in [7, 11) is 0. The van der Waals surface area contributed by atoms with Gasteiger partial charge in [0.05, 0.1) is 16.9 Å². The predicted octanol–water partition coefficient (Wildman–Crippen LogP) is 7.30. The highest BCUT2D eigenvalue weighted by atomic mass is 19.4. The van der Waals surface area contributed by atoms with Crippen LogP contribution in [-0.4, -0.2) is 20.0 Å². The van der Waals surface area contributed by atoms with Crippen LogP contribution in [0, 0.1) is 0 Å². The Balaban J connectivity index is 1.91. The number of phenolic OH excluding ortho intramolecular Hbond substituents is 2. The van der Waals surface area contributed by atoms with Gasteiger partial charge in [-0.15, -0.1) is 0 Å². The number of benzene rings is 4. The molecule has 0 spiro atoms. The highest BCUT2D eigenvalue weighted by Crippen LogP contribution is 2.43. The maximum absolute atomic E-state index is 14.0. The summed E-state index contributed by atoms with van der Waals surface area (Å²) in [5.41, 5.74) is 2.55. The summed E-state index contributed by atoms with van der Waals surface area (Å²) in [4.78, 5) is 0. The van der Waals surface area contributed by atoms with Gasteiger partial charge in [-0.2, -0.15) is 18.3 Å². The van der Waals surface area contributed by atoms with E-state index in [2.05, 4.69) is 0 Å². The van der Waals surface area contributed by atoms with Crippen molar-refractivity contribution in [3.8, 4) is 50.8 Å². The maximum Gasteiger partial charge on any atom is 0.418 e. The summed E-state index contributed by atoms with van der Waals surface area (Å²) in [5, 5.41) is 24.3. The van der Waals surface area contributed by atoms with Crippen molar-refractivity contribution in [2.45, 2.75) is 6.18 Å². The fourth-order valence-corrected chi connectivity index (χ4v) is 4.08. The maximum atomic E-state index is 14.0. The topological polar surface area (TPSA) is 58.3 Å². The van der Waals surface area contributed by atoms with Crippen molar-refractivity contribution >= 4 is 0 Å². The van der Waals surface area contributed by atoms with Crippen molar-refractivity contribution in [2.24, 2.45) is 0 Å². The van der Waals surface area contributed by atoms with Crippen molar-refractivity contribution in [1.82, 2.24) is 9.78 Å². The van der Waals surface area contributed by atoms with E-state index in [-0.39, 0.29) is 17.2 Å². The first kappa shape index (κ1) is 22.3. The molecule has 1 aromatic heterocycles. The SMILES string of the molecule is Oc1ccc(-c2nn(-c3ccccc3C(F)(F)F)c(-c3ccc(O)cc3)c2-c2ccccc2)cc1. The van der Waals surface area contributed by atoms with Crippen LogP contribution in [0.4, 0.5) is 13.2 Å².